The number of aromatic nitrogens is 2. The summed E-state index contributed by atoms with van der Waals surface area (Å²) < 4.78 is 0. The second-order valence-electron chi connectivity index (χ2n) is 4.87. The molecule has 110 valence electrons. The molecule has 0 radical (unpaired) electrons. The maximum absolute atomic E-state index is 12.3. The monoisotopic (exact) mass is 302 g/mol. The molecule has 0 unspecified atom stereocenters. The van der Waals surface area contributed by atoms with E-state index in [2.05, 4.69) is 15.3 Å². The van der Waals surface area contributed by atoms with E-state index in [1.54, 1.807) is 11.8 Å². The zero-order chi connectivity index (χ0) is 15.4. The Bertz CT molecular complexity index is 641. The summed E-state index contributed by atoms with van der Waals surface area (Å²) in [4.78, 5) is 21.8. The molecule has 0 aliphatic rings. The summed E-state index contributed by atoms with van der Waals surface area (Å²) in [5.41, 5.74) is 7.00. The van der Waals surface area contributed by atoms with Crippen LogP contribution in [0.25, 0.3) is 0 Å². The molecule has 0 saturated heterocycles. The lowest BCUT2D eigenvalue weighted by Gasteiger charge is -2.10. The summed E-state index contributed by atoms with van der Waals surface area (Å²) in [5, 5.41) is 2.80. The van der Waals surface area contributed by atoms with Crippen molar-refractivity contribution in [3.63, 3.8) is 0 Å². The minimum absolute atomic E-state index is 0.137. The van der Waals surface area contributed by atoms with Crippen LogP contribution in [-0.2, 0) is 0 Å². The number of hydrogen-bond acceptors (Lipinski definition) is 5. The Kier molecular flexibility index (Phi) is 4.80. The number of anilines is 2. The van der Waals surface area contributed by atoms with E-state index in [1.165, 1.54) is 6.20 Å². The van der Waals surface area contributed by atoms with E-state index in [-0.39, 0.29) is 23.2 Å². The Balaban J connectivity index is 2.21. The first-order chi connectivity index (χ1) is 10.0. The lowest BCUT2D eigenvalue weighted by Crippen LogP contribution is -2.17. The van der Waals surface area contributed by atoms with Crippen LogP contribution in [0.2, 0.25) is 0 Å². The van der Waals surface area contributed by atoms with Crippen molar-refractivity contribution >= 4 is 29.0 Å². The molecule has 0 spiro atoms. The smallest absolute Gasteiger partial charge is 0.276 e. The molecule has 6 heteroatoms. The number of thioether (sulfide) groups is 1. The third-order valence-electron chi connectivity index (χ3n) is 2.92. The first-order valence-electron chi connectivity index (χ1n) is 6.59. The van der Waals surface area contributed by atoms with Gasteiger partial charge in [0.15, 0.2) is 5.69 Å². The van der Waals surface area contributed by atoms with Crippen LogP contribution >= 0.6 is 11.8 Å². The van der Waals surface area contributed by atoms with Crippen LogP contribution in [0.1, 0.15) is 36.1 Å². The third-order valence-corrected chi connectivity index (χ3v) is 3.66. The Labute approximate surface area is 128 Å². The van der Waals surface area contributed by atoms with Gasteiger partial charge in [-0.2, -0.15) is 0 Å². The van der Waals surface area contributed by atoms with Crippen LogP contribution in [0, 0.1) is 0 Å². The molecular weight excluding hydrogens is 284 g/mol. The third kappa shape index (κ3) is 3.72. The SMILES string of the molecule is CSc1ccc(NC(=O)c2nc(C(C)C)ncc2N)cc1. The summed E-state index contributed by atoms with van der Waals surface area (Å²) >= 11 is 1.65. The molecule has 1 aromatic carbocycles. The summed E-state index contributed by atoms with van der Waals surface area (Å²) in [6.07, 6.45) is 3.48. The number of nitrogens with zero attached hydrogens (tertiary/aromatic N) is 2. The van der Waals surface area contributed by atoms with Crippen LogP contribution < -0.4 is 11.1 Å². The van der Waals surface area contributed by atoms with Crippen LogP contribution in [0.5, 0.6) is 0 Å². The van der Waals surface area contributed by atoms with Gasteiger partial charge in [-0.15, -0.1) is 11.8 Å². The van der Waals surface area contributed by atoms with Gasteiger partial charge in [-0.1, -0.05) is 13.8 Å². The zero-order valence-electron chi connectivity index (χ0n) is 12.3. The van der Waals surface area contributed by atoms with Crippen molar-refractivity contribution in [2.45, 2.75) is 24.7 Å². The molecule has 5 nitrogen and oxygen atoms in total. The van der Waals surface area contributed by atoms with Gasteiger partial charge in [0.25, 0.3) is 5.91 Å². The molecule has 2 aromatic rings. The van der Waals surface area contributed by atoms with Crippen LogP contribution in [0.15, 0.2) is 35.4 Å². The van der Waals surface area contributed by atoms with Gasteiger partial charge in [-0.05, 0) is 30.5 Å². The number of rotatable bonds is 4. The Hall–Kier alpha value is -2.08. The van der Waals surface area contributed by atoms with Gasteiger partial charge in [0.1, 0.15) is 5.82 Å². The number of carbonyl (C=O) groups excluding carboxylic acids is 1. The largest absolute Gasteiger partial charge is 0.396 e. The Morgan fingerprint density at radius 2 is 1.95 bits per heavy atom. The number of nitrogens with one attached hydrogen (secondary N) is 1. The van der Waals surface area contributed by atoms with Crippen molar-refractivity contribution in [3.05, 3.63) is 42.0 Å². The van der Waals surface area contributed by atoms with Crippen LogP contribution in [0.4, 0.5) is 11.4 Å². The van der Waals surface area contributed by atoms with E-state index in [0.717, 1.165) is 4.90 Å². The molecule has 0 aliphatic carbocycles. The summed E-state index contributed by atoms with van der Waals surface area (Å²) in [5.74, 6) is 0.416. The van der Waals surface area contributed by atoms with E-state index >= 15 is 0 Å². The Morgan fingerprint density at radius 3 is 2.52 bits per heavy atom. The van der Waals surface area contributed by atoms with Gasteiger partial charge in [0.05, 0.1) is 11.9 Å². The van der Waals surface area contributed by atoms with E-state index in [9.17, 15) is 4.79 Å². The number of amides is 1. The number of benzene rings is 1. The maximum atomic E-state index is 12.3. The number of carbonyl (C=O) groups is 1. The van der Waals surface area contributed by atoms with E-state index in [4.69, 9.17) is 5.73 Å². The second-order valence-corrected chi connectivity index (χ2v) is 5.75. The van der Waals surface area contributed by atoms with Gasteiger partial charge in [0, 0.05) is 16.5 Å². The molecule has 0 bridgehead atoms. The fourth-order valence-electron chi connectivity index (χ4n) is 1.73. The standard InChI is InChI=1S/C15H18N4OS/c1-9(2)14-17-8-12(16)13(19-14)15(20)18-10-4-6-11(21-3)7-5-10/h4-9H,16H2,1-3H3,(H,18,20). The molecular formula is C15H18N4OS. The van der Waals surface area contributed by atoms with Gasteiger partial charge < -0.3 is 11.1 Å². The van der Waals surface area contributed by atoms with Gasteiger partial charge in [-0.25, -0.2) is 9.97 Å². The molecule has 1 amide bonds. The quantitative estimate of drug-likeness (QED) is 0.848. The molecule has 1 aromatic heterocycles. The molecule has 0 atom stereocenters. The van der Waals surface area contributed by atoms with Gasteiger partial charge in [-0.3, -0.25) is 4.79 Å². The van der Waals surface area contributed by atoms with Crippen LogP contribution in [-0.4, -0.2) is 22.1 Å². The minimum Gasteiger partial charge on any atom is -0.396 e. The predicted octanol–water partition coefficient (Wildman–Crippen LogP) is 3.16. The van der Waals surface area contributed by atoms with E-state index in [0.29, 0.717) is 11.5 Å². The fraction of sp³-hybridized carbons (Fsp3) is 0.267. The van der Waals surface area contributed by atoms with Crippen molar-refractivity contribution in [3.8, 4) is 0 Å². The van der Waals surface area contributed by atoms with E-state index < -0.39 is 0 Å². The highest BCUT2D eigenvalue weighted by Gasteiger charge is 2.15. The van der Waals surface area contributed by atoms with Crippen molar-refractivity contribution in [2.75, 3.05) is 17.3 Å². The average molecular weight is 302 g/mol. The number of nitrogen functional groups attached to an aromatic ring is 1. The maximum Gasteiger partial charge on any atom is 0.276 e. The lowest BCUT2D eigenvalue weighted by molar-refractivity contribution is 0.102. The highest BCUT2D eigenvalue weighted by Crippen LogP contribution is 2.19. The molecule has 0 aliphatic heterocycles. The van der Waals surface area contributed by atoms with Crippen molar-refractivity contribution in [2.24, 2.45) is 0 Å². The normalized spacial score (nSPS) is 10.7. The topological polar surface area (TPSA) is 80.9 Å². The first-order valence-corrected chi connectivity index (χ1v) is 7.81. The summed E-state index contributed by atoms with van der Waals surface area (Å²) in [6.45, 7) is 3.93. The van der Waals surface area contributed by atoms with Crippen LogP contribution in [0.3, 0.4) is 0 Å². The summed E-state index contributed by atoms with van der Waals surface area (Å²) in [7, 11) is 0. The van der Waals surface area contributed by atoms with Gasteiger partial charge in [0.2, 0.25) is 0 Å². The van der Waals surface area contributed by atoms with Crippen molar-refractivity contribution in [1.29, 1.82) is 0 Å². The molecule has 0 saturated carbocycles. The molecule has 0 fully saturated rings. The first kappa shape index (κ1) is 15.3. The lowest BCUT2D eigenvalue weighted by atomic mass is 10.2. The fourth-order valence-corrected chi connectivity index (χ4v) is 2.14. The predicted molar refractivity (Wildman–Crippen MR) is 86.7 cm³/mol. The highest BCUT2D eigenvalue weighted by atomic mass is 32.2. The minimum atomic E-state index is -0.325. The van der Waals surface area contributed by atoms with Gasteiger partial charge >= 0.3 is 0 Å². The average Bonchev–Trinajstić information content (AvgIpc) is 2.48. The summed E-state index contributed by atoms with van der Waals surface area (Å²) in [6, 6.07) is 7.60. The number of nitrogens with two attached hydrogens (primary N) is 1. The van der Waals surface area contributed by atoms with E-state index in [1.807, 2.05) is 44.4 Å². The Morgan fingerprint density at radius 1 is 1.29 bits per heavy atom. The molecule has 1 heterocycles. The molecule has 21 heavy (non-hydrogen) atoms. The zero-order valence-corrected chi connectivity index (χ0v) is 13.1. The number of hydrogen-bond donors (Lipinski definition) is 2. The van der Waals surface area contributed by atoms with Crippen molar-refractivity contribution < 1.29 is 4.79 Å². The second kappa shape index (κ2) is 6.58. The highest BCUT2D eigenvalue weighted by molar-refractivity contribution is 7.98. The van der Waals surface area contributed by atoms with Crippen molar-refractivity contribution in [1.82, 2.24) is 9.97 Å². The molecule has 2 rings (SSSR count). The molecule has 3 N–H and O–H groups in total.